The van der Waals surface area contributed by atoms with Gasteiger partial charge in [-0.3, -0.25) is 0 Å². The molecular formula is C18H19NO6S. The van der Waals surface area contributed by atoms with E-state index >= 15 is 0 Å². The van der Waals surface area contributed by atoms with Gasteiger partial charge in [-0.1, -0.05) is 18.2 Å². The van der Waals surface area contributed by atoms with E-state index in [1.165, 1.54) is 38.4 Å². The Bertz CT molecular complexity index is 860. The molecule has 0 N–H and O–H groups in total. The summed E-state index contributed by atoms with van der Waals surface area (Å²) in [6.45, 7) is -0.179. The van der Waals surface area contributed by atoms with Gasteiger partial charge in [0.25, 0.3) is 0 Å². The van der Waals surface area contributed by atoms with E-state index in [2.05, 4.69) is 0 Å². The van der Waals surface area contributed by atoms with E-state index in [1.54, 1.807) is 30.3 Å². The monoisotopic (exact) mass is 377 g/mol. The molecule has 7 nitrogen and oxygen atoms in total. The van der Waals surface area contributed by atoms with Gasteiger partial charge in [0.05, 0.1) is 16.0 Å². The van der Waals surface area contributed by atoms with Gasteiger partial charge < -0.3 is 9.47 Å². The lowest BCUT2D eigenvalue weighted by molar-refractivity contribution is 0.0265. The average Bonchev–Trinajstić information content (AvgIpc) is 2.65. The van der Waals surface area contributed by atoms with Crippen molar-refractivity contribution in [2.75, 3.05) is 27.3 Å². The Morgan fingerprint density at radius 1 is 0.808 bits per heavy atom. The number of rotatable bonds is 7. The van der Waals surface area contributed by atoms with Crippen LogP contribution in [0, 0.1) is 0 Å². The first kappa shape index (κ1) is 19.6. The van der Waals surface area contributed by atoms with Crippen molar-refractivity contribution in [3.8, 4) is 0 Å². The molecular weight excluding hydrogens is 358 g/mol. The van der Waals surface area contributed by atoms with Gasteiger partial charge >= 0.3 is 11.9 Å². The molecule has 0 amide bonds. The third-order valence-electron chi connectivity index (χ3n) is 3.43. The second-order valence-electron chi connectivity index (χ2n) is 5.45. The summed E-state index contributed by atoms with van der Waals surface area (Å²) in [5, 5.41) is 0. The highest BCUT2D eigenvalue weighted by molar-refractivity contribution is 7.89. The van der Waals surface area contributed by atoms with E-state index < -0.39 is 22.0 Å². The normalized spacial score (nSPS) is 11.2. The molecule has 0 heterocycles. The van der Waals surface area contributed by atoms with Gasteiger partial charge in [0.1, 0.15) is 13.2 Å². The molecule has 26 heavy (non-hydrogen) atoms. The maximum Gasteiger partial charge on any atom is 0.338 e. The summed E-state index contributed by atoms with van der Waals surface area (Å²) in [6.07, 6.45) is 0. The van der Waals surface area contributed by atoms with Crippen LogP contribution in [0.15, 0.2) is 59.5 Å². The van der Waals surface area contributed by atoms with Crippen LogP contribution in [0.4, 0.5) is 0 Å². The van der Waals surface area contributed by atoms with Crippen molar-refractivity contribution in [3.63, 3.8) is 0 Å². The lowest BCUT2D eigenvalue weighted by Gasteiger charge is -2.11. The molecule has 2 aromatic carbocycles. The number of benzene rings is 2. The summed E-state index contributed by atoms with van der Waals surface area (Å²) < 4.78 is 35.0. The van der Waals surface area contributed by atoms with Crippen LogP contribution in [0.3, 0.4) is 0 Å². The summed E-state index contributed by atoms with van der Waals surface area (Å²) in [5.41, 5.74) is 0.619. The molecule has 0 saturated carbocycles. The molecule has 0 radical (unpaired) electrons. The van der Waals surface area contributed by atoms with E-state index in [0.717, 1.165) is 4.31 Å². The molecule has 0 aliphatic carbocycles. The fourth-order valence-electron chi connectivity index (χ4n) is 1.98. The lowest BCUT2D eigenvalue weighted by Crippen LogP contribution is -2.22. The van der Waals surface area contributed by atoms with Crippen LogP contribution < -0.4 is 0 Å². The summed E-state index contributed by atoms with van der Waals surface area (Å²) in [6, 6.07) is 13.9. The molecule has 0 saturated heterocycles. The maximum absolute atomic E-state index is 12.0. The van der Waals surface area contributed by atoms with E-state index in [0.29, 0.717) is 5.56 Å². The molecule has 0 atom stereocenters. The van der Waals surface area contributed by atoms with Crippen LogP contribution in [0.5, 0.6) is 0 Å². The highest BCUT2D eigenvalue weighted by Crippen LogP contribution is 2.14. The minimum absolute atomic E-state index is 0.0768. The van der Waals surface area contributed by atoms with Crippen molar-refractivity contribution in [1.82, 2.24) is 4.31 Å². The molecule has 2 aromatic rings. The molecule has 2 rings (SSSR count). The summed E-state index contributed by atoms with van der Waals surface area (Å²) >= 11 is 0. The SMILES string of the molecule is CN(C)S(=O)(=O)c1ccc(C(=O)OCCOC(=O)c2ccccc2)cc1. The van der Waals surface area contributed by atoms with Gasteiger partial charge in [-0.05, 0) is 36.4 Å². The second-order valence-corrected chi connectivity index (χ2v) is 7.60. The van der Waals surface area contributed by atoms with Crippen molar-refractivity contribution in [3.05, 3.63) is 65.7 Å². The quantitative estimate of drug-likeness (QED) is 0.541. The fraction of sp³-hybridized carbons (Fsp3) is 0.222. The molecule has 138 valence electrons. The van der Waals surface area contributed by atoms with Gasteiger partial charge in [-0.15, -0.1) is 0 Å². The Hall–Kier alpha value is -2.71. The van der Waals surface area contributed by atoms with Crippen LogP contribution in [-0.4, -0.2) is 52.0 Å². The van der Waals surface area contributed by atoms with Crippen molar-refractivity contribution in [2.45, 2.75) is 4.90 Å². The molecule has 8 heteroatoms. The topological polar surface area (TPSA) is 90.0 Å². The Balaban J connectivity index is 1.84. The minimum atomic E-state index is -3.55. The average molecular weight is 377 g/mol. The summed E-state index contributed by atoms with van der Waals surface area (Å²) in [5.74, 6) is -1.13. The number of carbonyl (C=O) groups excluding carboxylic acids is 2. The van der Waals surface area contributed by atoms with E-state index in [4.69, 9.17) is 9.47 Å². The van der Waals surface area contributed by atoms with Crippen LogP contribution >= 0.6 is 0 Å². The predicted molar refractivity (Wildman–Crippen MR) is 94.3 cm³/mol. The van der Waals surface area contributed by atoms with E-state index in [-0.39, 0.29) is 23.7 Å². The number of carbonyl (C=O) groups is 2. The first-order chi connectivity index (χ1) is 12.3. The van der Waals surface area contributed by atoms with Crippen LogP contribution in [-0.2, 0) is 19.5 Å². The van der Waals surface area contributed by atoms with Crippen LogP contribution in [0.2, 0.25) is 0 Å². The Labute approximate surface area is 152 Å². The van der Waals surface area contributed by atoms with Gasteiger partial charge in [-0.2, -0.15) is 0 Å². The first-order valence-corrected chi connectivity index (χ1v) is 9.18. The zero-order valence-corrected chi connectivity index (χ0v) is 15.2. The molecule has 0 aliphatic heterocycles. The third-order valence-corrected chi connectivity index (χ3v) is 5.26. The lowest BCUT2D eigenvalue weighted by atomic mass is 10.2. The molecule has 0 aromatic heterocycles. The Morgan fingerprint density at radius 2 is 1.27 bits per heavy atom. The van der Waals surface area contributed by atoms with Crippen molar-refractivity contribution in [2.24, 2.45) is 0 Å². The van der Waals surface area contributed by atoms with E-state index in [1.807, 2.05) is 0 Å². The third kappa shape index (κ3) is 4.90. The van der Waals surface area contributed by atoms with Crippen molar-refractivity contribution in [1.29, 1.82) is 0 Å². The molecule has 0 aliphatic rings. The number of nitrogens with zero attached hydrogens (tertiary/aromatic N) is 1. The fourth-order valence-corrected chi connectivity index (χ4v) is 2.89. The highest BCUT2D eigenvalue weighted by Gasteiger charge is 2.18. The second kappa shape index (κ2) is 8.59. The minimum Gasteiger partial charge on any atom is -0.458 e. The largest absolute Gasteiger partial charge is 0.458 e. The van der Waals surface area contributed by atoms with Crippen molar-refractivity contribution >= 4 is 22.0 Å². The molecule has 0 bridgehead atoms. The first-order valence-electron chi connectivity index (χ1n) is 7.74. The number of hydrogen-bond acceptors (Lipinski definition) is 6. The number of esters is 2. The highest BCUT2D eigenvalue weighted by atomic mass is 32.2. The predicted octanol–water partition coefficient (Wildman–Crippen LogP) is 1.95. The Kier molecular flexibility index (Phi) is 6.48. The van der Waals surface area contributed by atoms with Gasteiger partial charge in [0.15, 0.2) is 0 Å². The zero-order chi connectivity index (χ0) is 19.2. The molecule has 0 spiro atoms. The zero-order valence-electron chi connectivity index (χ0n) is 14.4. The van der Waals surface area contributed by atoms with Crippen LogP contribution in [0.25, 0.3) is 0 Å². The number of ether oxygens (including phenoxy) is 2. The van der Waals surface area contributed by atoms with Gasteiger partial charge in [0, 0.05) is 14.1 Å². The van der Waals surface area contributed by atoms with Crippen LogP contribution in [0.1, 0.15) is 20.7 Å². The van der Waals surface area contributed by atoms with Crippen molar-refractivity contribution < 1.29 is 27.5 Å². The van der Waals surface area contributed by atoms with Gasteiger partial charge in [0.2, 0.25) is 10.0 Å². The maximum atomic E-state index is 12.0. The van der Waals surface area contributed by atoms with E-state index in [9.17, 15) is 18.0 Å². The van der Waals surface area contributed by atoms with Gasteiger partial charge in [-0.25, -0.2) is 22.3 Å². The summed E-state index contributed by atoms with van der Waals surface area (Å²) in [7, 11) is -0.703. The smallest absolute Gasteiger partial charge is 0.338 e. The number of sulfonamides is 1. The number of hydrogen-bond donors (Lipinski definition) is 0. The molecule has 0 unspecified atom stereocenters. The molecule has 0 fully saturated rings. The Morgan fingerprint density at radius 3 is 1.73 bits per heavy atom. The standard InChI is InChI=1S/C18H19NO6S/c1-19(2)26(22,23)16-10-8-15(9-11-16)18(21)25-13-12-24-17(20)14-6-4-3-5-7-14/h3-11H,12-13H2,1-2H3. The summed E-state index contributed by atoms with van der Waals surface area (Å²) in [4.78, 5) is 23.7.